The van der Waals surface area contributed by atoms with E-state index in [-0.39, 0.29) is 55.7 Å². The third-order valence-corrected chi connectivity index (χ3v) is 10.9. The summed E-state index contributed by atoms with van der Waals surface area (Å²) in [5, 5.41) is 14.8. The Kier molecular flexibility index (Phi) is 6.09. The van der Waals surface area contributed by atoms with Crippen LogP contribution in [0.5, 0.6) is 0 Å². The topological polar surface area (TPSA) is 127 Å². The van der Waals surface area contributed by atoms with Crippen molar-refractivity contribution in [2.24, 2.45) is 23.0 Å². The molecule has 5 atom stereocenters. The van der Waals surface area contributed by atoms with Gasteiger partial charge in [0.05, 0.1) is 35.2 Å². The molecule has 0 spiro atoms. The fourth-order valence-corrected chi connectivity index (χ4v) is 8.23. The number of imidazole rings is 1. The van der Waals surface area contributed by atoms with Crippen LogP contribution in [0, 0.1) is 17.3 Å². The monoisotopic (exact) mass is 632 g/mol. The quantitative estimate of drug-likeness (QED) is 0.462. The second-order valence-corrected chi connectivity index (χ2v) is 13.8. The standard InChI is InChI=1S/C28H31F7N6O3/c29-24-11-23(12-24,13-24)21(43)40-6-5-25(44,28(33,34)35)8-18(40)16-9-37-41-10-17(39-22(41)38-16)19(15-7-27(15,32)20(36)42)14-1-3-26(30,31)4-2-14/h9-10,14-15,18-19,44H,1-8,11-13H2,(H2,36,42)/t15?,18-,19-,23?,24?,25+,27?/m0/s1. The molecule has 240 valence electrons. The fourth-order valence-electron chi connectivity index (χ4n) is 8.23. The minimum Gasteiger partial charge on any atom is -0.380 e. The van der Waals surface area contributed by atoms with Crippen LogP contribution in [-0.4, -0.2) is 77.0 Å². The highest BCUT2D eigenvalue weighted by Gasteiger charge is 2.74. The highest BCUT2D eigenvalue weighted by atomic mass is 19.4. The zero-order chi connectivity index (χ0) is 31.7. The van der Waals surface area contributed by atoms with Gasteiger partial charge < -0.3 is 15.7 Å². The summed E-state index contributed by atoms with van der Waals surface area (Å²) in [4.78, 5) is 35.4. The number of carbonyl (C=O) groups excluding carboxylic acids is 2. The van der Waals surface area contributed by atoms with Gasteiger partial charge >= 0.3 is 6.18 Å². The van der Waals surface area contributed by atoms with E-state index < -0.39 is 102 Å². The Hall–Kier alpha value is -3.04. The normalized spacial score (nSPS) is 39.0. The largest absolute Gasteiger partial charge is 0.417 e. The highest BCUT2D eigenvalue weighted by molar-refractivity contribution is 5.88. The van der Waals surface area contributed by atoms with Gasteiger partial charge in [-0.05, 0) is 44.4 Å². The van der Waals surface area contributed by atoms with E-state index in [4.69, 9.17) is 5.73 Å². The van der Waals surface area contributed by atoms with Gasteiger partial charge in [0.15, 0.2) is 11.3 Å². The number of nitrogens with zero attached hydrogens (tertiary/aromatic N) is 5. The van der Waals surface area contributed by atoms with Crippen molar-refractivity contribution in [3.05, 3.63) is 23.8 Å². The molecule has 6 aliphatic rings. The minimum atomic E-state index is -4.99. The summed E-state index contributed by atoms with van der Waals surface area (Å²) >= 11 is 0. The molecule has 1 aliphatic heterocycles. The molecule has 16 heteroatoms. The maximum Gasteiger partial charge on any atom is 0.417 e. The number of aliphatic hydroxyl groups is 1. The van der Waals surface area contributed by atoms with E-state index in [2.05, 4.69) is 15.1 Å². The summed E-state index contributed by atoms with van der Waals surface area (Å²) in [5.41, 5.74) is -2.38. The van der Waals surface area contributed by atoms with Crippen molar-refractivity contribution in [1.29, 1.82) is 0 Å². The first kappa shape index (κ1) is 29.7. The number of halogens is 7. The molecule has 2 bridgehead atoms. The van der Waals surface area contributed by atoms with Crippen molar-refractivity contribution in [3.8, 4) is 0 Å². The Bertz CT molecular complexity index is 1520. The first-order valence-corrected chi connectivity index (χ1v) is 14.8. The smallest absolute Gasteiger partial charge is 0.380 e. The molecule has 8 rings (SSSR count). The van der Waals surface area contributed by atoms with Gasteiger partial charge in [-0.1, -0.05) is 0 Å². The van der Waals surface area contributed by atoms with Crippen LogP contribution in [0.25, 0.3) is 5.78 Å². The lowest BCUT2D eigenvalue weighted by Gasteiger charge is -2.65. The molecule has 5 aliphatic carbocycles. The number of aromatic nitrogens is 4. The lowest BCUT2D eigenvalue weighted by atomic mass is 9.41. The number of primary amides is 1. The zero-order valence-electron chi connectivity index (χ0n) is 23.5. The van der Waals surface area contributed by atoms with Gasteiger partial charge in [0.25, 0.3) is 11.7 Å². The number of rotatable bonds is 6. The second kappa shape index (κ2) is 9.03. The molecule has 2 aromatic rings. The van der Waals surface area contributed by atoms with Crippen molar-refractivity contribution in [2.45, 2.75) is 105 Å². The van der Waals surface area contributed by atoms with Gasteiger partial charge in [-0.15, -0.1) is 0 Å². The zero-order valence-corrected chi connectivity index (χ0v) is 23.5. The molecule has 9 nitrogen and oxygen atoms in total. The molecule has 2 aromatic heterocycles. The molecule has 44 heavy (non-hydrogen) atoms. The van der Waals surface area contributed by atoms with Crippen molar-refractivity contribution < 1.29 is 45.4 Å². The van der Waals surface area contributed by atoms with Crippen LogP contribution in [0.1, 0.15) is 87.6 Å². The number of hydrogen-bond acceptors (Lipinski definition) is 6. The third kappa shape index (κ3) is 4.40. The first-order chi connectivity index (χ1) is 20.4. The van der Waals surface area contributed by atoms with Gasteiger partial charge in [0.1, 0.15) is 5.67 Å². The van der Waals surface area contributed by atoms with Crippen molar-refractivity contribution in [3.63, 3.8) is 0 Å². The summed E-state index contributed by atoms with van der Waals surface area (Å²) in [6.07, 6.45) is -5.02. The Morgan fingerprint density at radius 2 is 1.68 bits per heavy atom. The van der Waals surface area contributed by atoms with Crippen LogP contribution in [0.2, 0.25) is 0 Å². The Balaban J connectivity index is 1.22. The van der Waals surface area contributed by atoms with Gasteiger partial charge in [-0.2, -0.15) is 18.3 Å². The van der Waals surface area contributed by atoms with Gasteiger partial charge in [0, 0.05) is 44.1 Å². The van der Waals surface area contributed by atoms with Crippen LogP contribution in [0.4, 0.5) is 30.7 Å². The Morgan fingerprint density at radius 1 is 1.02 bits per heavy atom. The Morgan fingerprint density at radius 3 is 2.25 bits per heavy atom. The van der Waals surface area contributed by atoms with Crippen LogP contribution >= 0.6 is 0 Å². The van der Waals surface area contributed by atoms with Gasteiger partial charge in [0.2, 0.25) is 11.8 Å². The average Bonchev–Trinajstić information content (AvgIpc) is 3.41. The number of fused-ring (bicyclic) bond motifs is 1. The van der Waals surface area contributed by atoms with Crippen LogP contribution < -0.4 is 5.73 Å². The maximum absolute atomic E-state index is 15.3. The lowest BCUT2D eigenvalue weighted by Crippen LogP contribution is -2.71. The summed E-state index contributed by atoms with van der Waals surface area (Å²) in [5.74, 6) is -6.72. The van der Waals surface area contributed by atoms with Crippen molar-refractivity contribution >= 4 is 17.6 Å². The molecular formula is C28H31F7N6O3. The first-order valence-electron chi connectivity index (χ1n) is 14.8. The molecule has 2 amide bonds. The maximum atomic E-state index is 15.3. The molecule has 0 aromatic carbocycles. The van der Waals surface area contributed by atoms with E-state index >= 15 is 4.39 Å². The van der Waals surface area contributed by atoms with E-state index in [1.54, 1.807) is 0 Å². The number of piperidine rings is 1. The van der Waals surface area contributed by atoms with Crippen LogP contribution in [-0.2, 0) is 9.59 Å². The molecule has 3 N–H and O–H groups in total. The number of likely N-dealkylation sites (tertiary alicyclic amines) is 1. The molecule has 0 radical (unpaired) electrons. The van der Waals surface area contributed by atoms with Crippen molar-refractivity contribution in [2.75, 3.05) is 6.54 Å². The summed E-state index contributed by atoms with van der Waals surface area (Å²) in [6.45, 7) is -0.436. The number of amides is 2. The van der Waals surface area contributed by atoms with Gasteiger partial charge in [-0.3, -0.25) is 9.59 Å². The summed E-state index contributed by atoms with van der Waals surface area (Å²) in [6, 6.07) is -1.35. The van der Waals surface area contributed by atoms with E-state index in [1.807, 2.05) is 0 Å². The molecular weight excluding hydrogens is 601 g/mol. The lowest BCUT2D eigenvalue weighted by molar-refractivity contribution is -0.280. The van der Waals surface area contributed by atoms with Crippen LogP contribution in [0.3, 0.4) is 0 Å². The van der Waals surface area contributed by atoms with E-state index in [0.717, 1.165) is 6.20 Å². The van der Waals surface area contributed by atoms with E-state index in [9.17, 15) is 41.0 Å². The number of alkyl halides is 7. The van der Waals surface area contributed by atoms with E-state index in [0.29, 0.717) is 0 Å². The van der Waals surface area contributed by atoms with E-state index in [1.165, 1.54) is 15.6 Å². The molecule has 3 heterocycles. The Labute approximate surface area is 246 Å². The minimum absolute atomic E-state index is 0.00303. The van der Waals surface area contributed by atoms with Crippen LogP contribution in [0.15, 0.2) is 12.4 Å². The summed E-state index contributed by atoms with van der Waals surface area (Å²) in [7, 11) is 0. The number of carbonyl (C=O) groups is 2. The number of nitrogens with two attached hydrogens (primary N) is 1. The predicted octanol–water partition coefficient (Wildman–Crippen LogP) is 4.10. The molecule has 5 saturated carbocycles. The molecule has 2 unspecified atom stereocenters. The number of hydrogen-bond donors (Lipinski definition) is 2. The highest BCUT2D eigenvalue weighted by Crippen LogP contribution is 2.70. The second-order valence-electron chi connectivity index (χ2n) is 13.8. The fraction of sp³-hybridized carbons (Fsp3) is 0.750. The summed E-state index contributed by atoms with van der Waals surface area (Å²) < 4.78 is 100. The molecule has 1 saturated heterocycles. The predicted molar refractivity (Wildman–Crippen MR) is 136 cm³/mol. The molecule has 6 fully saturated rings. The van der Waals surface area contributed by atoms with Crippen molar-refractivity contribution in [1.82, 2.24) is 24.5 Å². The average molecular weight is 633 g/mol. The third-order valence-electron chi connectivity index (χ3n) is 10.9. The van der Waals surface area contributed by atoms with Gasteiger partial charge in [-0.25, -0.2) is 32.0 Å². The SMILES string of the molecule is NC(=O)C1(F)CC1[C@@H](c1cn2ncc([C@@H]3C[C@@](O)(C(F)(F)F)CCN3C(=O)C34CC(F)(C3)C4)nc2n1)C1CCC(F)(F)CC1.